The molecule has 0 atom stereocenters. The van der Waals surface area contributed by atoms with Crippen molar-refractivity contribution < 1.29 is 4.79 Å². The van der Waals surface area contributed by atoms with Crippen molar-refractivity contribution in [3.8, 4) is 0 Å². The average molecular weight is 280 g/mol. The summed E-state index contributed by atoms with van der Waals surface area (Å²) in [6.07, 6.45) is 4.63. The summed E-state index contributed by atoms with van der Waals surface area (Å²) in [6, 6.07) is 13.7. The highest BCUT2D eigenvalue weighted by Gasteiger charge is 2.02. The first-order chi connectivity index (χ1) is 10.2. The van der Waals surface area contributed by atoms with Gasteiger partial charge in [-0.1, -0.05) is 37.6 Å². The largest absolute Gasteiger partial charge is 0.293 e. The minimum absolute atomic E-state index is 0.0120. The SMILES string of the molecule is CCCc1ccccc1N=CCc1cccc(C(C)=O)n1. The zero-order valence-corrected chi connectivity index (χ0v) is 12.5. The minimum Gasteiger partial charge on any atom is -0.293 e. The molecule has 21 heavy (non-hydrogen) atoms. The van der Waals surface area contributed by atoms with Crippen molar-refractivity contribution in [2.45, 2.75) is 33.1 Å². The van der Waals surface area contributed by atoms with Crippen LogP contribution in [0.25, 0.3) is 0 Å². The summed E-state index contributed by atoms with van der Waals surface area (Å²) in [4.78, 5) is 20.2. The Morgan fingerprint density at radius 1 is 1.19 bits per heavy atom. The van der Waals surface area contributed by atoms with Gasteiger partial charge >= 0.3 is 0 Å². The van der Waals surface area contributed by atoms with Gasteiger partial charge < -0.3 is 0 Å². The maximum Gasteiger partial charge on any atom is 0.178 e. The molecule has 0 aliphatic heterocycles. The highest BCUT2D eigenvalue weighted by molar-refractivity contribution is 5.92. The first kappa shape index (κ1) is 15.1. The van der Waals surface area contributed by atoms with E-state index in [0.29, 0.717) is 12.1 Å². The molecule has 0 bridgehead atoms. The summed E-state index contributed by atoms with van der Waals surface area (Å²) >= 11 is 0. The van der Waals surface area contributed by atoms with Crippen molar-refractivity contribution in [1.29, 1.82) is 0 Å². The highest BCUT2D eigenvalue weighted by atomic mass is 16.1. The normalized spacial score (nSPS) is 11.0. The number of pyridine rings is 1. The van der Waals surface area contributed by atoms with Gasteiger partial charge in [0.25, 0.3) is 0 Å². The standard InChI is InChI=1S/C18H20N2O/c1-3-7-15-8-4-5-10-18(15)19-13-12-16-9-6-11-17(20-16)14(2)21/h4-6,8-11,13H,3,7,12H2,1-2H3. The summed E-state index contributed by atoms with van der Waals surface area (Å²) < 4.78 is 0. The van der Waals surface area contributed by atoms with E-state index in [-0.39, 0.29) is 5.78 Å². The Labute approximate surface area is 125 Å². The molecule has 3 nitrogen and oxygen atoms in total. The number of rotatable bonds is 6. The average Bonchev–Trinajstić information content (AvgIpc) is 2.49. The molecule has 0 aliphatic carbocycles. The van der Waals surface area contributed by atoms with Gasteiger partial charge in [0.2, 0.25) is 0 Å². The second kappa shape index (κ2) is 7.48. The molecule has 2 aromatic rings. The number of nitrogens with zero attached hydrogens (tertiary/aromatic N) is 2. The van der Waals surface area contributed by atoms with Gasteiger partial charge in [-0.25, -0.2) is 4.98 Å². The number of aromatic nitrogens is 1. The van der Waals surface area contributed by atoms with Crippen LogP contribution in [0.2, 0.25) is 0 Å². The summed E-state index contributed by atoms with van der Waals surface area (Å²) in [5, 5.41) is 0. The van der Waals surface area contributed by atoms with Crippen LogP contribution in [-0.2, 0) is 12.8 Å². The summed E-state index contributed by atoms with van der Waals surface area (Å²) in [6.45, 7) is 3.69. The zero-order valence-electron chi connectivity index (χ0n) is 12.5. The van der Waals surface area contributed by atoms with Gasteiger partial charge in [-0.2, -0.15) is 0 Å². The summed E-state index contributed by atoms with van der Waals surface area (Å²) in [5.41, 5.74) is 3.65. The van der Waals surface area contributed by atoms with Gasteiger partial charge in [0.05, 0.1) is 5.69 Å². The predicted octanol–water partition coefficient (Wildman–Crippen LogP) is 4.18. The van der Waals surface area contributed by atoms with Crippen molar-refractivity contribution >= 4 is 17.7 Å². The molecule has 1 aromatic carbocycles. The number of Topliss-reactive ketones (excluding diaryl/α,β-unsaturated/α-hetero) is 1. The predicted molar refractivity (Wildman–Crippen MR) is 86.5 cm³/mol. The third-order valence-corrected chi connectivity index (χ3v) is 3.21. The van der Waals surface area contributed by atoms with Crippen molar-refractivity contribution in [2.24, 2.45) is 4.99 Å². The van der Waals surface area contributed by atoms with E-state index in [1.54, 1.807) is 6.07 Å². The molecule has 0 radical (unpaired) electrons. The van der Waals surface area contributed by atoms with E-state index < -0.39 is 0 Å². The molecular weight excluding hydrogens is 260 g/mol. The molecule has 0 spiro atoms. The lowest BCUT2D eigenvalue weighted by Gasteiger charge is -2.03. The van der Waals surface area contributed by atoms with E-state index in [1.165, 1.54) is 12.5 Å². The number of para-hydroxylation sites is 1. The van der Waals surface area contributed by atoms with E-state index >= 15 is 0 Å². The number of carbonyl (C=O) groups is 1. The number of aliphatic imine (C=N–C) groups is 1. The third kappa shape index (κ3) is 4.35. The van der Waals surface area contributed by atoms with Crippen molar-refractivity contribution in [3.63, 3.8) is 0 Å². The molecule has 2 rings (SSSR count). The van der Waals surface area contributed by atoms with Crippen molar-refractivity contribution in [3.05, 3.63) is 59.4 Å². The minimum atomic E-state index is -0.0120. The number of carbonyl (C=O) groups excluding carboxylic acids is 1. The number of hydrogen-bond donors (Lipinski definition) is 0. The third-order valence-electron chi connectivity index (χ3n) is 3.21. The van der Waals surface area contributed by atoms with Gasteiger partial charge in [0.1, 0.15) is 5.69 Å². The first-order valence-corrected chi connectivity index (χ1v) is 7.28. The van der Waals surface area contributed by atoms with Gasteiger partial charge in [-0.3, -0.25) is 9.79 Å². The van der Waals surface area contributed by atoms with Gasteiger partial charge in [-0.05, 0) is 30.2 Å². The van der Waals surface area contributed by atoms with Crippen LogP contribution in [0.3, 0.4) is 0 Å². The smallest absolute Gasteiger partial charge is 0.178 e. The number of hydrogen-bond acceptors (Lipinski definition) is 3. The Hall–Kier alpha value is -2.29. The maximum atomic E-state index is 11.3. The van der Waals surface area contributed by atoms with Gasteiger partial charge in [-0.15, -0.1) is 0 Å². The molecular formula is C18H20N2O. The molecule has 0 unspecified atom stereocenters. The Bertz CT molecular complexity index is 647. The number of benzene rings is 1. The number of aryl methyl sites for hydroxylation is 1. The van der Waals surface area contributed by atoms with E-state index in [0.717, 1.165) is 24.2 Å². The van der Waals surface area contributed by atoms with E-state index in [4.69, 9.17) is 0 Å². The van der Waals surface area contributed by atoms with Crippen molar-refractivity contribution in [2.75, 3.05) is 0 Å². The zero-order chi connectivity index (χ0) is 15.1. The molecule has 0 N–H and O–H groups in total. The van der Waals surface area contributed by atoms with Crippen LogP contribution < -0.4 is 0 Å². The van der Waals surface area contributed by atoms with E-state index in [2.05, 4.69) is 23.0 Å². The lowest BCUT2D eigenvalue weighted by Crippen LogP contribution is -2.00. The van der Waals surface area contributed by atoms with Gasteiger partial charge in [0.15, 0.2) is 5.78 Å². The molecule has 0 fully saturated rings. The topological polar surface area (TPSA) is 42.3 Å². The van der Waals surface area contributed by atoms with Crippen LogP contribution in [0.5, 0.6) is 0 Å². The second-order valence-electron chi connectivity index (χ2n) is 4.96. The molecule has 0 amide bonds. The first-order valence-electron chi connectivity index (χ1n) is 7.28. The molecule has 0 saturated heterocycles. The van der Waals surface area contributed by atoms with Crippen LogP contribution in [0, 0.1) is 0 Å². The Morgan fingerprint density at radius 3 is 2.76 bits per heavy atom. The van der Waals surface area contributed by atoms with Crippen molar-refractivity contribution in [1.82, 2.24) is 4.98 Å². The molecule has 0 saturated carbocycles. The molecule has 1 aromatic heterocycles. The van der Waals surface area contributed by atoms with Gasteiger partial charge in [0, 0.05) is 25.3 Å². The van der Waals surface area contributed by atoms with Crippen LogP contribution in [0.1, 0.15) is 42.0 Å². The lowest BCUT2D eigenvalue weighted by molar-refractivity contribution is 0.101. The van der Waals surface area contributed by atoms with E-state index in [1.807, 2.05) is 36.5 Å². The Balaban J connectivity index is 2.09. The molecule has 0 aliphatic rings. The fourth-order valence-electron chi connectivity index (χ4n) is 2.14. The lowest BCUT2D eigenvalue weighted by atomic mass is 10.1. The Kier molecular flexibility index (Phi) is 5.38. The van der Waals surface area contributed by atoms with Crippen LogP contribution >= 0.6 is 0 Å². The summed E-state index contributed by atoms with van der Waals surface area (Å²) in [5.74, 6) is -0.0120. The monoisotopic (exact) mass is 280 g/mol. The number of ketones is 1. The maximum absolute atomic E-state index is 11.3. The fourth-order valence-corrected chi connectivity index (χ4v) is 2.14. The molecule has 3 heteroatoms. The summed E-state index contributed by atoms with van der Waals surface area (Å²) in [7, 11) is 0. The fraction of sp³-hybridized carbons (Fsp3) is 0.278. The molecule has 1 heterocycles. The van der Waals surface area contributed by atoms with E-state index in [9.17, 15) is 4.79 Å². The highest BCUT2D eigenvalue weighted by Crippen LogP contribution is 2.19. The van der Waals surface area contributed by atoms with Crippen LogP contribution in [0.15, 0.2) is 47.5 Å². The van der Waals surface area contributed by atoms with Crippen LogP contribution in [-0.4, -0.2) is 17.0 Å². The molecule has 108 valence electrons. The second-order valence-corrected chi connectivity index (χ2v) is 4.96. The van der Waals surface area contributed by atoms with Crippen LogP contribution in [0.4, 0.5) is 5.69 Å². The quantitative estimate of drug-likeness (QED) is 0.588. The Morgan fingerprint density at radius 2 is 2.00 bits per heavy atom.